The Hall–Kier alpha value is -0.990. The highest BCUT2D eigenvalue weighted by Crippen LogP contribution is 2.20. The Morgan fingerprint density at radius 2 is 2.47 bits per heavy atom. The highest BCUT2D eigenvalue weighted by atomic mass is 32.2. The molecule has 0 spiro atoms. The summed E-state index contributed by atoms with van der Waals surface area (Å²) in [6.45, 7) is 3.77. The van der Waals surface area contributed by atoms with Crippen LogP contribution in [0.5, 0.6) is 0 Å². The molecule has 0 aliphatic heterocycles. The van der Waals surface area contributed by atoms with Gasteiger partial charge in [-0.1, -0.05) is 11.8 Å². The topological polar surface area (TPSA) is 61.9 Å². The van der Waals surface area contributed by atoms with E-state index >= 15 is 0 Å². The van der Waals surface area contributed by atoms with Gasteiger partial charge in [-0.2, -0.15) is 5.26 Å². The number of aryl methyl sites for hydroxylation is 1. The maximum absolute atomic E-state index is 8.93. The molecule has 0 saturated carbocycles. The fourth-order valence-electron chi connectivity index (χ4n) is 0.978. The van der Waals surface area contributed by atoms with Crippen LogP contribution in [0.3, 0.4) is 0 Å². The third kappa shape index (κ3) is 3.57. The number of nitrogens with zero attached hydrogens (tertiary/aromatic N) is 2. The number of thioether (sulfide) groups is 1. The molecule has 1 atom stereocenters. The van der Waals surface area contributed by atoms with E-state index in [4.69, 9.17) is 9.68 Å². The summed E-state index contributed by atoms with van der Waals surface area (Å²) in [6.07, 6.45) is 2.38. The van der Waals surface area contributed by atoms with Crippen LogP contribution in [0, 0.1) is 18.3 Å². The molecule has 0 amide bonds. The maximum atomic E-state index is 8.93. The van der Waals surface area contributed by atoms with Gasteiger partial charge in [0, 0.05) is 5.75 Å². The van der Waals surface area contributed by atoms with Crippen molar-refractivity contribution in [1.29, 1.82) is 5.26 Å². The first kappa shape index (κ1) is 12.1. The predicted molar refractivity (Wildman–Crippen MR) is 59.7 cm³/mol. The lowest BCUT2D eigenvalue weighted by atomic mass is 10.0. The summed E-state index contributed by atoms with van der Waals surface area (Å²) in [5.41, 5.74) is 0.420. The molecule has 0 saturated heterocycles. The maximum Gasteiger partial charge on any atom is 0.255 e. The van der Waals surface area contributed by atoms with E-state index < -0.39 is 5.54 Å². The summed E-state index contributed by atoms with van der Waals surface area (Å²) in [5.74, 6) is 0.810. The first-order valence-electron chi connectivity index (χ1n) is 4.75. The van der Waals surface area contributed by atoms with Gasteiger partial charge < -0.3 is 9.73 Å². The second kappa shape index (κ2) is 5.19. The summed E-state index contributed by atoms with van der Waals surface area (Å²) < 4.78 is 5.19. The van der Waals surface area contributed by atoms with Crippen LogP contribution in [0.15, 0.2) is 15.9 Å². The highest BCUT2D eigenvalue weighted by Gasteiger charge is 2.20. The molecule has 0 bridgehead atoms. The van der Waals surface area contributed by atoms with E-state index in [1.807, 2.05) is 13.8 Å². The standard InChI is InChI=1S/C10H15N3OS/c1-8-6-14-9(13-8)15-5-4-10(2,7-11)12-3/h6,12H,4-5H2,1-3H3. The third-order valence-corrected chi connectivity index (χ3v) is 3.07. The van der Waals surface area contributed by atoms with Crippen molar-refractivity contribution in [3.05, 3.63) is 12.0 Å². The van der Waals surface area contributed by atoms with Gasteiger partial charge in [-0.15, -0.1) is 0 Å². The Morgan fingerprint density at radius 3 is 2.93 bits per heavy atom. The monoisotopic (exact) mass is 225 g/mol. The van der Waals surface area contributed by atoms with Gasteiger partial charge in [0.05, 0.1) is 11.8 Å². The molecule has 0 aromatic carbocycles. The van der Waals surface area contributed by atoms with Crippen molar-refractivity contribution in [2.24, 2.45) is 0 Å². The van der Waals surface area contributed by atoms with E-state index in [-0.39, 0.29) is 0 Å². The number of nitrogens with one attached hydrogen (secondary N) is 1. The summed E-state index contributed by atoms with van der Waals surface area (Å²) in [4.78, 5) is 4.17. The van der Waals surface area contributed by atoms with Crippen LogP contribution < -0.4 is 5.32 Å². The number of nitriles is 1. The van der Waals surface area contributed by atoms with Crippen molar-refractivity contribution in [3.63, 3.8) is 0 Å². The Balaban J connectivity index is 2.37. The van der Waals surface area contributed by atoms with Gasteiger partial charge in [-0.25, -0.2) is 4.98 Å². The fraction of sp³-hybridized carbons (Fsp3) is 0.600. The smallest absolute Gasteiger partial charge is 0.255 e. The van der Waals surface area contributed by atoms with Gasteiger partial charge in [0.15, 0.2) is 0 Å². The number of oxazole rings is 1. The molecule has 0 fully saturated rings. The van der Waals surface area contributed by atoms with Gasteiger partial charge in [0.25, 0.3) is 5.22 Å². The summed E-state index contributed by atoms with van der Waals surface area (Å²) in [5, 5.41) is 12.6. The van der Waals surface area contributed by atoms with Crippen LogP contribution in [0.2, 0.25) is 0 Å². The normalized spacial score (nSPS) is 14.5. The van der Waals surface area contributed by atoms with E-state index in [0.29, 0.717) is 5.22 Å². The molecule has 1 aromatic rings. The third-order valence-electron chi connectivity index (χ3n) is 2.22. The summed E-state index contributed by atoms with van der Waals surface area (Å²) in [6, 6.07) is 2.24. The van der Waals surface area contributed by atoms with Gasteiger partial charge in [-0.3, -0.25) is 0 Å². The minimum atomic E-state index is -0.464. The molecule has 1 heterocycles. The predicted octanol–water partition coefficient (Wildman–Crippen LogP) is 1.97. The van der Waals surface area contributed by atoms with Crippen LogP contribution in [0.4, 0.5) is 0 Å². The van der Waals surface area contributed by atoms with E-state index in [1.165, 1.54) is 11.8 Å². The van der Waals surface area contributed by atoms with Crippen LogP contribution in [-0.2, 0) is 0 Å². The second-order valence-corrected chi connectivity index (χ2v) is 4.59. The summed E-state index contributed by atoms with van der Waals surface area (Å²) in [7, 11) is 1.79. The van der Waals surface area contributed by atoms with Crippen molar-refractivity contribution in [3.8, 4) is 6.07 Å². The van der Waals surface area contributed by atoms with Crippen molar-refractivity contribution < 1.29 is 4.42 Å². The number of hydrogen-bond donors (Lipinski definition) is 1. The molecular formula is C10H15N3OS. The molecule has 0 aliphatic carbocycles. The molecule has 5 heteroatoms. The molecule has 1 unspecified atom stereocenters. The quantitative estimate of drug-likeness (QED) is 0.776. The van der Waals surface area contributed by atoms with Crippen LogP contribution in [-0.4, -0.2) is 23.3 Å². The zero-order valence-corrected chi connectivity index (χ0v) is 10.0. The minimum Gasteiger partial charge on any atom is -0.440 e. The van der Waals surface area contributed by atoms with Crippen molar-refractivity contribution >= 4 is 11.8 Å². The molecule has 1 rings (SSSR count). The molecular weight excluding hydrogens is 210 g/mol. The average Bonchev–Trinajstić information content (AvgIpc) is 2.64. The average molecular weight is 225 g/mol. The van der Waals surface area contributed by atoms with E-state index in [9.17, 15) is 0 Å². The number of aromatic nitrogens is 1. The first-order valence-corrected chi connectivity index (χ1v) is 5.73. The Bertz CT molecular complexity index is 358. The molecule has 15 heavy (non-hydrogen) atoms. The van der Waals surface area contributed by atoms with Crippen molar-refractivity contribution in [2.45, 2.75) is 31.0 Å². The second-order valence-electron chi connectivity index (χ2n) is 3.55. The van der Waals surface area contributed by atoms with Gasteiger partial charge >= 0.3 is 0 Å². The van der Waals surface area contributed by atoms with E-state index in [0.717, 1.165) is 17.9 Å². The largest absolute Gasteiger partial charge is 0.440 e. The summed E-state index contributed by atoms with van der Waals surface area (Å²) >= 11 is 1.53. The van der Waals surface area contributed by atoms with Crippen LogP contribution >= 0.6 is 11.8 Å². The lowest BCUT2D eigenvalue weighted by molar-refractivity contribution is 0.450. The zero-order valence-electron chi connectivity index (χ0n) is 9.20. The Labute approximate surface area is 94.1 Å². The number of rotatable bonds is 5. The van der Waals surface area contributed by atoms with E-state index in [1.54, 1.807) is 13.3 Å². The molecule has 82 valence electrons. The van der Waals surface area contributed by atoms with Gasteiger partial charge in [0.2, 0.25) is 0 Å². The Kier molecular flexibility index (Phi) is 4.18. The minimum absolute atomic E-state index is 0.464. The lowest BCUT2D eigenvalue weighted by Crippen LogP contribution is -2.38. The molecule has 0 radical (unpaired) electrons. The van der Waals surface area contributed by atoms with E-state index in [2.05, 4.69) is 16.4 Å². The molecule has 0 aliphatic rings. The van der Waals surface area contributed by atoms with Crippen LogP contribution in [0.25, 0.3) is 0 Å². The number of hydrogen-bond acceptors (Lipinski definition) is 5. The molecule has 4 nitrogen and oxygen atoms in total. The molecule has 1 aromatic heterocycles. The Morgan fingerprint density at radius 1 is 1.73 bits per heavy atom. The fourth-order valence-corrected chi connectivity index (χ4v) is 1.99. The SMILES string of the molecule is CNC(C)(C#N)CCSc1nc(C)co1. The van der Waals surface area contributed by atoms with Gasteiger partial charge in [-0.05, 0) is 27.3 Å². The van der Waals surface area contributed by atoms with Crippen LogP contribution in [0.1, 0.15) is 19.0 Å². The zero-order chi connectivity index (χ0) is 11.3. The lowest BCUT2D eigenvalue weighted by Gasteiger charge is -2.19. The first-order chi connectivity index (χ1) is 7.09. The van der Waals surface area contributed by atoms with Gasteiger partial charge in [0.1, 0.15) is 11.8 Å². The van der Waals surface area contributed by atoms with Crippen molar-refractivity contribution in [2.75, 3.05) is 12.8 Å². The highest BCUT2D eigenvalue weighted by molar-refractivity contribution is 7.99. The molecule has 1 N–H and O–H groups in total. The van der Waals surface area contributed by atoms with Crippen molar-refractivity contribution in [1.82, 2.24) is 10.3 Å².